The Kier molecular flexibility index (Phi) is 3.72. The van der Waals surface area contributed by atoms with Crippen molar-refractivity contribution >= 4 is 16.9 Å². The van der Waals surface area contributed by atoms with Crippen molar-refractivity contribution in [3.8, 4) is 28.9 Å². The number of ether oxygens (including phenoxy) is 4. The fourth-order valence-corrected chi connectivity index (χ4v) is 2.67. The summed E-state index contributed by atoms with van der Waals surface area (Å²) in [5.41, 5.74) is 0.742. The molecule has 1 aromatic carbocycles. The number of esters is 1. The van der Waals surface area contributed by atoms with Crippen LogP contribution in [0.1, 0.15) is 16.2 Å². The lowest BCUT2D eigenvalue weighted by Gasteiger charge is -2.10. The van der Waals surface area contributed by atoms with E-state index in [2.05, 4.69) is 14.7 Å². The Labute approximate surface area is 147 Å². The highest BCUT2D eigenvalue weighted by atomic mass is 16.7. The van der Waals surface area contributed by atoms with Crippen LogP contribution in [0, 0.1) is 6.92 Å². The maximum atomic E-state index is 11.7. The van der Waals surface area contributed by atoms with Crippen LogP contribution in [0.2, 0.25) is 0 Å². The Hall–Kier alpha value is -3.55. The molecule has 132 valence electrons. The van der Waals surface area contributed by atoms with Crippen molar-refractivity contribution in [1.29, 1.82) is 0 Å². The predicted molar refractivity (Wildman–Crippen MR) is 89.9 cm³/mol. The highest BCUT2D eigenvalue weighted by Crippen LogP contribution is 2.37. The Morgan fingerprint density at radius 3 is 2.77 bits per heavy atom. The molecule has 3 aromatic rings. The first-order valence-electron chi connectivity index (χ1n) is 7.73. The number of hydrogen-bond donors (Lipinski definition) is 1. The quantitative estimate of drug-likeness (QED) is 0.717. The molecule has 0 saturated heterocycles. The highest BCUT2D eigenvalue weighted by Gasteiger charge is 2.20. The number of methoxy groups -OCH3 is 1. The number of benzene rings is 1. The number of aromatic nitrogens is 2. The molecule has 3 heterocycles. The minimum absolute atomic E-state index is 0.149. The van der Waals surface area contributed by atoms with Gasteiger partial charge in [0.1, 0.15) is 5.75 Å². The van der Waals surface area contributed by atoms with E-state index in [9.17, 15) is 9.90 Å². The molecule has 0 saturated carbocycles. The molecule has 0 unspecified atom stereocenters. The number of rotatable bonds is 3. The molecular weight excluding hydrogens is 340 g/mol. The lowest BCUT2D eigenvalue weighted by atomic mass is 10.1. The number of carbonyl (C=O) groups is 1. The van der Waals surface area contributed by atoms with Crippen molar-refractivity contribution < 1.29 is 28.8 Å². The Morgan fingerprint density at radius 1 is 1.15 bits per heavy atom. The largest absolute Gasteiger partial charge is 0.505 e. The van der Waals surface area contributed by atoms with Crippen LogP contribution in [-0.4, -0.2) is 34.9 Å². The van der Waals surface area contributed by atoms with Gasteiger partial charge < -0.3 is 24.1 Å². The van der Waals surface area contributed by atoms with Gasteiger partial charge in [-0.15, -0.1) is 0 Å². The van der Waals surface area contributed by atoms with Gasteiger partial charge in [-0.3, -0.25) is 0 Å². The average molecular weight is 354 g/mol. The van der Waals surface area contributed by atoms with Crippen LogP contribution >= 0.6 is 0 Å². The first-order chi connectivity index (χ1) is 12.6. The smallest absolute Gasteiger partial charge is 0.360 e. The molecule has 0 atom stereocenters. The van der Waals surface area contributed by atoms with E-state index in [4.69, 9.17) is 14.2 Å². The summed E-state index contributed by atoms with van der Waals surface area (Å²) in [5.74, 6) is 1.10. The third kappa shape index (κ3) is 2.61. The van der Waals surface area contributed by atoms with E-state index >= 15 is 0 Å². The van der Waals surface area contributed by atoms with Gasteiger partial charge in [0.15, 0.2) is 22.9 Å². The van der Waals surface area contributed by atoms with E-state index in [0.29, 0.717) is 39.7 Å². The molecule has 8 nitrogen and oxygen atoms in total. The average Bonchev–Trinajstić information content (AvgIpc) is 3.12. The molecule has 0 spiro atoms. The van der Waals surface area contributed by atoms with E-state index < -0.39 is 5.97 Å². The molecule has 0 fully saturated rings. The summed E-state index contributed by atoms with van der Waals surface area (Å²) in [5, 5.41) is 10.7. The summed E-state index contributed by atoms with van der Waals surface area (Å²) < 4.78 is 21.0. The molecule has 0 aliphatic carbocycles. The lowest BCUT2D eigenvalue weighted by Crippen LogP contribution is -2.07. The van der Waals surface area contributed by atoms with Gasteiger partial charge in [0.2, 0.25) is 12.7 Å². The van der Waals surface area contributed by atoms with Crippen LogP contribution in [0.15, 0.2) is 30.3 Å². The van der Waals surface area contributed by atoms with E-state index in [0.717, 1.165) is 0 Å². The predicted octanol–water partition coefficient (Wildman–Crippen LogP) is 2.95. The standard InChI is InChI=1S/C18H14N2O6/c1-9-15-11(17(21)16(19-9)18(22)23-2)4-6-14(20-15)26-10-3-5-12-13(7-10)25-8-24-12/h3-7,21H,8H2,1-2H3. The van der Waals surface area contributed by atoms with Gasteiger partial charge in [0, 0.05) is 17.5 Å². The SMILES string of the molecule is COC(=O)c1nc(C)c2nc(Oc3ccc4c(c3)OCO4)ccc2c1O. The number of aryl methyl sites for hydroxylation is 1. The van der Waals surface area contributed by atoms with Crippen LogP contribution in [0.4, 0.5) is 0 Å². The molecule has 26 heavy (non-hydrogen) atoms. The van der Waals surface area contributed by atoms with Crippen molar-refractivity contribution in [3.63, 3.8) is 0 Å². The van der Waals surface area contributed by atoms with E-state index in [1.165, 1.54) is 7.11 Å². The van der Waals surface area contributed by atoms with Crippen LogP contribution in [0.3, 0.4) is 0 Å². The normalized spacial score (nSPS) is 12.2. The Balaban J connectivity index is 1.72. The number of hydrogen-bond acceptors (Lipinski definition) is 8. The van der Waals surface area contributed by atoms with Gasteiger partial charge in [0.05, 0.1) is 18.3 Å². The van der Waals surface area contributed by atoms with Crippen molar-refractivity contribution in [1.82, 2.24) is 9.97 Å². The van der Waals surface area contributed by atoms with E-state index in [1.807, 2.05) is 0 Å². The van der Waals surface area contributed by atoms with Crippen molar-refractivity contribution in [2.24, 2.45) is 0 Å². The fourth-order valence-electron chi connectivity index (χ4n) is 2.67. The van der Waals surface area contributed by atoms with Crippen LogP contribution in [0.5, 0.6) is 28.9 Å². The van der Waals surface area contributed by atoms with Crippen LogP contribution < -0.4 is 14.2 Å². The van der Waals surface area contributed by atoms with Crippen LogP contribution in [-0.2, 0) is 4.74 Å². The zero-order valence-corrected chi connectivity index (χ0v) is 14.0. The maximum Gasteiger partial charge on any atom is 0.360 e. The first-order valence-corrected chi connectivity index (χ1v) is 7.73. The molecule has 0 amide bonds. The third-order valence-electron chi connectivity index (χ3n) is 3.92. The Morgan fingerprint density at radius 2 is 1.96 bits per heavy atom. The number of nitrogens with zero attached hydrogens (tertiary/aromatic N) is 2. The molecule has 0 radical (unpaired) electrons. The first kappa shape index (κ1) is 15.9. The van der Waals surface area contributed by atoms with Crippen LogP contribution in [0.25, 0.3) is 10.9 Å². The number of pyridine rings is 2. The Bertz CT molecular complexity index is 1030. The third-order valence-corrected chi connectivity index (χ3v) is 3.92. The van der Waals surface area contributed by atoms with Crippen molar-refractivity contribution in [2.45, 2.75) is 6.92 Å². The van der Waals surface area contributed by atoms with E-state index in [-0.39, 0.29) is 18.2 Å². The van der Waals surface area contributed by atoms with Gasteiger partial charge >= 0.3 is 5.97 Å². The zero-order valence-electron chi connectivity index (χ0n) is 14.0. The minimum Gasteiger partial charge on any atom is -0.505 e. The molecule has 4 rings (SSSR count). The van der Waals surface area contributed by atoms with Crippen molar-refractivity contribution in [2.75, 3.05) is 13.9 Å². The number of carbonyl (C=O) groups excluding carboxylic acids is 1. The number of fused-ring (bicyclic) bond motifs is 2. The summed E-state index contributed by atoms with van der Waals surface area (Å²) in [6.07, 6.45) is 0. The molecule has 1 N–H and O–H groups in total. The monoisotopic (exact) mass is 354 g/mol. The second-order valence-electron chi connectivity index (χ2n) is 5.55. The minimum atomic E-state index is -0.715. The summed E-state index contributed by atoms with van der Waals surface area (Å²) in [4.78, 5) is 20.2. The van der Waals surface area contributed by atoms with E-state index in [1.54, 1.807) is 37.3 Å². The topological polar surface area (TPSA) is 100 Å². The summed E-state index contributed by atoms with van der Waals surface area (Å²) in [7, 11) is 1.23. The molecule has 1 aliphatic heterocycles. The molecule has 8 heteroatoms. The maximum absolute atomic E-state index is 11.7. The van der Waals surface area contributed by atoms with Gasteiger partial charge in [-0.25, -0.2) is 14.8 Å². The lowest BCUT2D eigenvalue weighted by molar-refractivity contribution is 0.0590. The van der Waals surface area contributed by atoms with Gasteiger partial charge in [0.25, 0.3) is 0 Å². The zero-order chi connectivity index (χ0) is 18.3. The van der Waals surface area contributed by atoms with Gasteiger partial charge in [-0.05, 0) is 25.1 Å². The molecule has 1 aliphatic rings. The van der Waals surface area contributed by atoms with Gasteiger partial charge in [-0.2, -0.15) is 0 Å². The van der Waals surface area contributed by atoms with Crippen molar-refractivity contribution in [3.05, 3.63) is 41.7 Å². The fraction of sp³-hybridized carbons (Fsp3) is 0.167. The summed E-state index contributed by atoms with van der Waals surface area (Å²) in [6, 6.07) is 8.40. The number of aromatic hydroxyl groups is 1. The second kappa shape index (κ2) is 6.07. The molecular formula is C18H14N2O6. The molecule has 2 aromatic heterocycles. The second-order valence-corrected chi connectivity index (χ2v) is 5.55. The van der Waals surface area contributed by atoms with Gasteiger partial charge in [-0.1, -0.05) is 0 Å². The molecule has 0 bridgehead atoms. The summed E-state index contributed by atoms with van der Waals surface area (Å²) >= 11 is 0. The highest BCUT2D eigenvalue weighted by molar-refractivity contribution is 5.98. The summed E-state index contributed by atoms with van der Waals surface area (Å²) in [6.45, 7) is 1.87.